The van der Waals surface area contributed by atoms with Gasteiger partial charge in [-0.15, -0.1) is 0 Å². The molecular weight excluding hydrogens is 474 g/mol. The summed E-state index contributed by atoms with van der Waals surface area (Å²) in [5, 5.41) is 6.41. The molecule has 0 spiro atoms. The van der Waals surface area contributed by atoms with Crippen LogP contribution in [0.5, 0.6) is 0 Å². The Balaban J connectivity index is 1.45. The normalized spacial score (nSPS) is 31.2. The SMILES string of the molecule is CC(C)[C@]1(C(=O)NCc2cc(C(F)(F)F)cc(C(F)(F)F)c2)CC[C@@H](NC2C3CCC2COC3)C1. The highest BCUT2D eigenvalue weighted by atomic mass is 19.4. The summed E-state index contributed by atoms with van der Waals surface area (Å²) < 4.78 is 84.7. The van der Waals surface area contributed by atoms with Gasteiger partial charge in [0.15, 0.2) is 0 Å². The fourth-order valence-corrected chi connectivity index (χ4v) is 6.15. The van der Waals surface area contributed by atoms with Crippen molar-refractivity contribution < 1.29 is 35.9 Å². The van der Waals surface area contributed by atoms with Crippen molar-refractivity contribution in [2.75, 3.05) is 13.2 Å². The van der Waals surface area contributed by atoms with Gasteiger partial charge >= 0.3 is 12.4 Å². The first-order chi connectivity index (χ1) is 16.3. The molecule has 3 fully saturated rings. The number of benzene rings is 1. The summed E-state index contributed by atoms with van der Waals surface area (Å²) in [6, 6.07) is 1.93. The van der Waals surface area contributed by atoms with E-state index in [4.69, 9.17) is 4.74 Å². The average Bonchev–Trinajstić information content (AvgIpc) is 3.28. The van der Waals surface area contributed by atoms with E-state index in [9.17, 15) is 31.1 Å². The number of halogens is 6. The molecule has 0 aromatic heterocycles. The lowest BCUT2D eigenvalue weighted by molar-refractivity contribution is -0.143. The molecule has 1 aromatic rings. The lowest BCUT2D eigenvalue weighted by Gasteiger charge is -2.35. The van der Waals surface area contributed by atoms with Crippen molar-refractivity contribution in [3.63, 3.8) is 0 Å². The fourth-order valence-electron chi connectivity index (χ4n) is 6.15. The van der Waals surface area contributed by atoms with Gasteiger partial charge in [-0.3, -0.25) is 4.79 Å². The number of carbonyl (C=O) groups is 1. The van der Waals surface area contributed by atoms with Crippen LogP contribution >= 0.6 is 0 Å². The van der Waals surface area contributed by atoms with Gasteiger partial charge in [0, 0.05) is 18.6 Å². The van der Waals surface area contributed by atoms with Crippen molar-refractivity contribution in [1.29, 1.82) is 0 Å². The van der Waals surface area contributed by atoms with Gasteiger partial charge in [-0.25, -0.2) is 0 Å². The van der Waals surface area contributed by atoms with Crippen LogP contribution in [0.25, 0.3) is 0 Å². The molecule has 2 aliphatic carbocycles. The highest BCUT2D eigenvalue weighted by Gasteiger charge is 2.49. The number of hydrogen-bond donors (Lipinski definition) is 2. The molecular formula is C25H32F6N2O2. The van der Waals surface area contributed by atoms with Gasteiger partial charge in [0.2, 0.25) is 5.91 Å². The van der Waals surface area contributed by atoms with E-state index < -0.39 is 35.4 Å². The molecule has 10 heteroatoms. The van der Waals surface area contributed by atoms with Crippen LogP contribution in [0.1, 0.15) is 62.6 Å². The summed E-state index contributed by atoms with van der Waals surface area (Å²) in [5.74, 6) is 0.589. The zero-order valence-corrected chi connectivity index (χ0v) is 19.9. The summed E-state index contributed by atoms with van der Waals surface area (Å²) in [6.45, 7) is 4.96. The van der Waals surface area contributed by atoms with Crippen LogP contribution in [0.4, 0.5) is 26.3 Å². The number of amides is 1. The molecule has 2 unspecified atom stereocenters. The van der Waals surface area contributed by atoms with Crippen LogP contribution in [0.3, 0.4) is 0 Å². The smallest absolute Gasteiger partial charge is 0.381 e. The summed E-state index contributed by atoms with van der Waals surface area (Å²) in [5.41, 5.74) is -3.72. The highest BCUT2D eigenvalue weighted by Crippen LogP contribution is 2.46. The van der Waals surface area contributed by atoms with Gasteiger partial charge in [-0.2, -0.15) is 26.3 Å². The molecule has 1 aliphatic heterocycles. The van der Waals surface area contributed by atoms with Crippen molar-refractivity contribution in [1.82, 2.24) is 10.6 Å². The number of ether oxygens (including phenoxy) is 1. The Morgan fingerprint density at radius 3 is 2.09 bits per heavy atom. The predicted octanol–water partition coefficient (Wildman–Crippen LogP) is 5.55. The Kier molecular flexibility index (Phi) is 7.18. The lowest BCUT2D eigenvalue weighted by Crippen LogP contribution is -2.49. The second-order valence-corrected chi connectivity index (χ2v) is 10.7. The van der Waals surface area contributed by atoms with E-state index in [1.54, 1.807) is 0 Å². The van der Waals surface area contributed by atoms with Crippen LogP contribution in [-0.2, 0) is 28.4 Å². The third-order valence-electron chi connectivity index (χ3n) is 8.22. The quantitative estimate of drug-likeness (QED) is 0.498. The topological polar surface area (TPSA) is 50.4 Å². The Morgan fingerprint density at radius 1 is 1.00 bits per heavy atom. The second kappa shape index (κ2) is 9.57. The Bertz CT molecular complexity index is 883. The summed E-state index contributed by atoms with van der Waals surface area (Å²) in [7, 11) is 0. The molecule has 4 atom stereocenters. The van der Waals surface area contributed by atoms with Crippen LogP contribution in [0.15, 0.2) is 18.2 Å². The monoisotopic (exact) mass is 506 g/mol. The Labute approximate surface area is 201 Å². The first kappa shape index (κ1) is 26.3. The number of alkyl halides is 6. The van der Waals surface area contributed by atoms with Gasteiger partial charge in [-0.05, 0) is 73.6 Å². The third-order valence-corrected chi connectivity index (χ3v) is 8.22. The number of hydrogen-bond acceptors (Lipinski definition) is 3. The van der Waals surface area contributed by atoms with Crippen molar-refractivity contribution in [2.24, 2.45) is 23.2 Å². The molecule has 2 saturated carbocycles. The van der Waals surface area contributed by atoms with Crippen LogP contribution in [-0.4, -0.2) is 31.2 Å². The maximum atomic E-state index is 13.3. The van der Waals surface area contributed by atoms with Crippen molar-refractivity contribution >= 4 is 5.91 Å². The van der Waals surface area contributed by atoms with Crippen LogP contribution < -0.4 is 10.6 Å². The maximum Gasteiger partial charge on any atom is 0.416 e. The molecule has 4 rings (SSSR count). The minimum atomic E-state index is -4.92. The molecule has 196 valence electrons. The van der Waals surface area contributed by atoms with E-state index in [1.807, 2.05) is 13.8 Å². The largest absolute Gasteiger partial charge is 0.416 e. The van der Waals surface area contributed by atoms with Gasteiger partial charge in [-0.1, -0.05) is 13.8 Å². The van der Waals surface area contributed by atoms with Gasteiger partial charge in [0.25, 0.3) is 0 Å². The molecule has 2 bridgehead atoms. The minimum absolute atomic E-state index is 0.0343. The first-order valence-corrected chi connectivity index (χ1v) is 12.2. The van der Waals surface area contributed by atoms with Crippen LogP contribution in [0, 0.1) is 23.2 Å². The van der Waals surface area contributed by atoms with E-state index in [2.05, 4.69) is 10.6 Å². The van der Waals surface area contributed by atoms with Gasteiger partial charge in [0.05, 0.1) is 29.8 Å². The predicted molar refractivity (Wildman–Crippen MR) is 117 cm³/mol. The molecule has 4 nitrogen and oxygen atoms in total. The summed E-state index contributed by atoms with van der Waals surface area (Å²) >= 11 is 0. The fraction of sp³-hybridized carbons (Fsp3) is 0.720. The number of rotatable bonds is 6. The average molecular weight is 507 g/mol. The second-order valence-electron chi connectivity index (χ2n) is 10.7. The summed E-state index contributed by atoms with van der Waals surface area (Å²) in [4.78, 5) is 13.3. The Morgan fingerprint density at radius 2 is 1.57 bits per heavy atom. The minimum Gasteiger partial charge on any atom is -0.381 e. The van der Waals surface area contributed by atoms with E-state index in [1.165, 1.54) is 0 Å². The van der Waals surface area contributed by atoms with Crippen molar-refractivity contribution in [3.8, 4) is 0 Å². The van der Waals surface area contributed by atoms with Crippen LogP contribution in [0.2, 0.25) is 0 Å². The highest BCUT2D eigenvalue weighted by molar-refractivity contribution is 5.83. The van der Waals surface area contributed by atoms with E-state index in [0.29, 0.717) is 42.9 Å². The van der Waals surface area contributed by atoms with E-state index in [-0.39, 0.29) is 29.5 Å². The first-order valence-electron chi connectivity index (χ1n) is 12.2. The van der Waals surface area contributed by atoms with Crippen molar-refractivity contribution in [3.05, 3.63) is 34.9 Å². The van der Waals surface area contributed by atoms with Crippen molar-refractivity contribution in [2.45, 2.75) is 76.9 Å². The van der Waals surface area contributed by atoms with Gasteiger partial charge in [0.1, 0.15) is 0 Å². The van der Waals surface area contributed by atoms with E-state index >= 15 is 0 Å². The molecule has 1 heterocycles. The molecule has 3 aliphatic rings. The maximum absolute atomic E-state index is 13.3. The Hall–Kier alpha value is -1.81. The zero-order valence-electron chi connectivity index (χ0n) is 19.9. The molecule has 1 amide bonds. The standard InChI is InChI=1S/C25H32F6N2O2/c1-14(2)23(6-5-20(10-23)33-21-16-3-4-17(21)13-35-12-16)22(34)32-11-15-7-18(24(26,27)28)9-19(8-15)25(29,30)31/h7-9,14,16-17,20-21,33H,3-6,10-13H2,1-2H3,(H,32,34)/t16?,17?,20-,21?,23+/m1/s1. The number of nitrogens with one attached hydrogen (secondary N) is 2. The molecule has 1 aromatic carbocycles. The number of fused-ring (bicyclic) bond motifs is 2. The third kappa shape index (κ3) is 5.48. The molecule has 1 saturated heterocycles. The molecule has 2 N–H and O–H groups in total. The lowest BCUT2D eigenvalue weighted by atomic mass is 9.74. The zero-order chi connectivity index (χ0) is 25.6. The number of carbonyl (C=O) groups excluding carboxylic acids is 1. The molecule has 35 heavy (non-hydrogen) atoms. The molecule has 0 radical (unpaired) electrons. The summed E-state index contributed by atoms with van der Waals surface area (Å²) in [6.07, 6.45) is -5.60. The van der Waals surface area contributed by atoms with E-state index in [0.717, 1.165) is 32.5 Å². The van der Waals surface area contributed by atoms with Gasteiger partial charge < -0.3 is 15.4 Å².